The Kier molecular flexibility index (Phi) is 5.73. The number of nitrogens with one attached hydrogen (secondary N) is 1. The number of hydrogen-bond donors (Lipinski definition) is 2. The maximum atomic E-state index is 12.2. The molecule has 2 rings (SSSR count). The molecule has 1 aliphatic heterocycles. The first-order chi connectivity index (χ1) is 10.9. The molecule has 0 aromatic heterocycles. The second-order valence-electron chi connectivity index (χ2n) is 5.39. The lowest BCUT2D eigenvalue weighted by Gasteiger charge is -2.18. The van der Waals surface area contributed by atoms with E-state index < -0.39 is 33.8 Å². The number of nitrogens with two attached hydrogens (primary N) is 1. The average molecular weight is 340 g/mol. The van der Waals surface area contributed by atoms with Crippen molar-refractivity contribution in [2.24, 2.45) is 5.73 Å². The van der Waals surface area contributed by atoms with E-state index in [1.165, 1.54) is 12.1 Å². The molecule has 1 heterocycles. The Bertz CT molecular complexity index is 654. The molecule has 1 fully saturated rings. The molecule has 126 valence electrons. The maximum absolute atomic E-state index is 12.2. The molecule has 1 saturated heterocycles. The minimum atomic E-state index is -3.53. The van der Waals surface area contributed by atoms with E-state index in [9.17, 15) is 18.0 Å². The fraction of sp³-hybridized carbons (Fsp3) is 0.467. The molecule has 0 aliphatic carbocycles. The highest BCUT2D eigenvalue weighted by molar-refractivity contribution is 7.91. The number of primary amides is 1. The number of rotatable bonds is 7. The average Bonchev–Trinajstić information content (AvgIpc) is 3.06. The summed E-state index contributed by atoms with van der Waals surface area (Å²) >= 11 is 0. The molecule has 0 radical (unpaired) electrons. The number of sulfone groups is 1. The Balaban J connectivity index is 1.97. The molecule has 0 bridgehead atoms. The van der Waals surface area contributed by atoms with Crippen LogP contribution in [-0.2, 0) is 24.2 Å². The van der Waals surface area contributed by atoms with Gasteiger partial charge in [-0.05, 0) is 31.4 Å². The van der Waals surface area contributed by atoms with Crippen LogP contribution in [0.15, 0.2) is 35.2 Å². The van der Waals surface area contributed by atoms with Gasteiger partial charge in [0.15, 0.2) is 9.84 Å². The van der Waals surface area contributed by atoms with Gasteiger partial charge in [0, 0.05) is 6.61 Å². The minimum Gasteiger partial charge on any atom is -0.368 e. The molecular weight excluding hydrogens is 320 g/mol. The molecule has 0 spiro atoms. The van der Waals surface area contributed by atoms with Crippen LogP contribution >= 0.6 is 0 Å². The van der Waals surface area contributed by atoms with E-state index in [-0.39, 0.29) is 17.1 Å². The Morgan fingerprint density at radius 1 is 1.30 bits per heavy atom. The van der Waals surface area contributed by atoms with Gasteiger partial charge in [-0.1, -0.05) is 18.2 Å². The SMILES string of the molecule is NC(=O)[C@H](CCS(=O)(=O)c1ccccc1)NC(=O)[C@H]1CCCO1. The van der Waals surface area contributed by atoms with Crippen molar-refractivity contribution in [3.8, 4) is 0 Å². The number of benzene rings is 1. The molecule has 3 N–H and O–H groups in total. The summed E-state index contributed by atoms with van der Waals surface area (Å²) in [7, 11) is -3.53. The van der Waals surface area contributed by atoms with E-state index in [2.05, 4.69) is 5.32 Å². The molecule has 2 atom stereocenters. The van der Waals surface area contributed by atoms with Gasteiger partial charge in [-0.15, -0.1) is 0 Å². The second kappa shape index (κ2) is 7.56. The zero-order chi connectivity index (χ0) is 16.9. The normalized spacial score (nSPS) is 19.2. The van der Waals surface area contributed by atoms with Crippen LogP contribution in [0.1, 0.15) is 19.3 Å². The van der Waals surface area contributed by atoms with Crippen LogP contribution in [0.3, 0.4) is 0 Å². The first kappa shape index (κ1) is 17.4. The van der Waals surface area contributed by atoms with Gasteiger partial charge in [-0.2, -0.15) is 0 Å². The van der Waals surface area contributed by atoms with Gasteiger partial charge in [0.05, 0.1) is 10.6 Å². The first-order valence-corrected chi connectivity index (χ1v) is 9.04. The van der Waals surface area contributed by atoms with Crippen molar-refractivity contribution < 1.29 is 22.7 Å². The summed E-state index contributed by atoms with van der Waals surface area (Å²) in [6.45, 7) is 0.502. The Morgan fingerprint density at radius 2 is 2.00 bits per heavy atom. The van der Waals surface area contributed by atoms with Crippen molar-refractivity contribution in [2.75, 3.05) is 12.4 Å². The summed E-state index contributed by atoms with van der Waals surface area (Å²) in [6.07, 6.45) is 0.689. The van der Waals surface area contributed by atoms with Crippen LogP contribution in [0, 0.1) is 0 Å². The van der Waals surface area contributed by atoms with Gasteiger partial charge < -0.3 is 15.8 Å². The zero-order valence-corrected chi connectivity index (χ0v) is 13.4. The predicted molar refractivity (Wildman–Crippen MR) is 83.2 cm³/mol. The molecule has 1 aromatic rings. The van der Waals surface area contributed by atoms with Gasteiger partial charge >= 0.3 is 0 Å². The first-order valence-electron chi connectivity index (χ1n) is 7.39. The van der Waals surface area contributed by atoms with Crippen LogP contribution in [0.25, 0.3) is 0 Å². The predicted octanol–water partition coefficient (Wildman–Crippen LogP) is -0.000500. The zero-order valence-electron chi connectivity index (χ0n) is 12.6. The van der Waals surface area contributed by atoms with E-state index in [4.69, 9.17) is 10.5 Å². The summed E-state index contributed by atoms with van der Waals surface area (Å²) < 4.78 is 29.7. The standard InChI is InChI=1S/C15H20N2O5S/c16-14(18)12(17-15(19)13-7-4-9-22-13)8-10-23(20,21)11-5-2-1-3-6-11/h1-3,5-6,12-13H,4,7-10H2,(H2,16,18)(H,17,19)/t12-,13+/m0/s1. The van der Waals surface area contributed by atoms with Crippen LogP contribution in [-0.4, -0.2) is 44.7 Å². The summed E-state index contributed by atoms with van der Waals surface area (Å²) in [5, 5.41) is 2.48. The summed E-state index contributed by atoms with van der Waals surface area (Å²) in [5.74, 6) is -1.47. The third kappa shape index (κ3) is 4.77. The van der Waals surface area contributed by atoms with Crippen molar-refractivity contribution in [2.45, 2.75) is 36.3 Å². The van der Waals surface area contributed by atoms with Crippen molar-refractivity contribution in [3.63, 3.8) is 0 Å². The van der Waals surface area contributed by atoms with Gasteiger partial charge in [-0.3, -0.25) is 9.59 Å². The highest BCUT2D eigenvalue weighted by Gasteiger charge is 2.28. The van der Waals surface area contributed by atoms with Crippen molar-refractivity contribution in [1.29, 1.82) is 0 Å². The van der Waals surface area contributed by atoms with Crippen molar-refractivity contribution in [1.82, 2.24) is 5.32 Å². The van der Waals surface area contributed by atoms with Gasteiger partial charge in [0.25, 0.3) is 0 Å². The number of hydrogen-bond acceptors (Lipinski definition) is 5. The van der Waals surface area contributed by atoms with E-state index in [0.29, 0.717) is 13.0 Å². The lowest BCUT2D eigenvalue weighted by Crippen LogP contribution is -2.48. The fourth-order valence-electron chi connectivity index (χ4n) is 2.35. The van der Waals surface area contributed by atoms with Crippen LogP contribution in [0.5, 0.6) is 0 Å². The lowest BCUT2D eigenvalue weighted by molar-refractivity contribution is -0.133. The monoisotopic (exact) mass is 340 g/mol. The highest BCUT2D eigenvalue weighted by Crippen LogP contribution is 2.14. The second-order valence-corrected chi connectivity index (χ2v) is 7.49. The molecule has 1 aromatic carbocycles. The highest BCUT2D eigenvalue weighted by atomic mass is 32.2. The van der Waals surface area contributed by atoms with E-state index in [0.717, 1.165) is 6.42 Å². The van der Waals surface area contributed by atoms with E-state index >= 15 is 0 Å². The summed E-state index contributed by atoms with van der Waals surface area (Å²) in [5.41, 5.74) is 5.26. The molecule has 8 heteroatoms. The van der Waals surface area contributed by atoms with Crippen LogP contribution in [0.2, 0.25) is 0 Å². The fourth-order valence-corrected chi connectivity index (χ4v) is 3.71. The number of amides is 2. The van der Waals surface area contributed by atoms with Crippen molar-refractivity contribution in [3.05, 3.63) is 30.3 Å². The third-order valence-electron chi connectivity index (χ3n) is 3.66. The third-order valence-corrected chi connectivity index (χ3v) is 5.42. The number of carbonyl (C=O) groups excluding carboxylic acids is 2. The minimum absolute atomic E-state index is 0.0784. The Hall–Kier alpha value is -1.93. The van der Waals surface area contributed by atoms with E-state index in [1.807, 2.05) is 0 Å². The maximum Gasteiger partial charge on any atom is 0.249 e. The van der Waals surface area contributed by atoms with Crippen molar-refractivity contribution >= 4 is 21.7 Å². The molecule has 23 heavy (non-hydrogen) atoms. The Morgan fingerprint density at radius 3 is 2.57 bits per heavy atom. The molecule has 7 nitrogen and oxygen atoms in total. The van der Waals surface area contributed by atoms with E-state index in [1.54, 1.807) is 18.2 Å². The van der Waals surface area contributed by atoms with Gasteiger partial charge in [-0.25, -0.2) is 8.42 Å². The smallest absolute Gasteiger partial charge is 0.249 e. The molecule has 0 unspecified atom stereocenters. The molecule has 0 saturated carbocycles. The largest absolute Gasteiger partial charge is 0.368 e. The van der Waals surface area contributed by atoms with Gasteiger partial charge in [0.1, 0.15) is 12.1 Å². The van der Waals surface area contributed by atoms with Crippen LogP contribution < -0.4 is 11.1 Å². The van der Waals surface area contributed by atoms with Gasteiger partial charge in [0.2, 0.25) is 11.8 Å². The Labute approximate surface area is 135 Å². The van der Waals surface area contributed by atoms with Crippen LogP contribution in [0.4, 0.5) is 0 Å². The quantitative estimate of drug-likeness (QED) is 0.725. The topological polar surface area (TPSA) is 116 Å². The number of carbonyl (C=O) groups is 2. The summed E-state index contributed by atoms with van der Waals surface area (Å²) in [6, 6.07) is 6.90. The number of ether oxygens (including phenoxy) is 1. The molecule has 1 aliphatic rings. The molecule has 2 amide bonds. The lowest BCUT2D eigenvalue weighted by atomic mass is 10.2. The molecular formula is C15H20N2O5S. The summed E-state index contributed by atoms with van der Waals surface area (Å²) in [4.78, 5) is 23.6.